The van der Waals surface area contributed by atoms with E-state index in [4.69, 9.17) is 0 Å². The number of amides is 2. The quantitative estimate of drug-likeness (QED) is 0.909. The number of nitrogens with one attached hydrogen (secondary N) is 1. The van der Waals surface area contributed by atoms with Gasteiger partial charge in [-0.3, -0.25) is 9.59 Å². The molecule has 0 unspecified atom stereocenters. The van der Waals surface area contributed by atoms with Gasteiger partial charge in [-0.05, 0) is 37.0 Å². The van der Waals surface area contributed by atoms with Crippen molar-refractivity contribution in [2.75, 3.05) is 14.1 Å². The number of carbonyl (C=O) groups excluding carboxylic acids is 2. The van der Waals surface area contributed by atoms with E-state index in [1.54, 1.807) is 19.2 Å². The molecular weight excluding hydrogens is 276 g/mol. The highest BCUT2D eigenvalue weighted by molar-refractivity contribution is 5.93. The van der Waals surface area contributed by atoms with Crippen LogP contribution in [0.5, 0.6) is 0 Å². The van der Waals surface area contributed by atoms with Gasteiger partial charge >= 0.3 is 0 Å². The molecule has 1 aliphatic carbocycles. The SMILES string of the molecule is CCC1(C(=O)N(C)Cc2ccc(C(=O)NC)cc2)CCCC1. The van der Waals surface area contributed by atoms with Crippen LogP contribution in [0.4, 0.5) is 0 Å². The Hall–Kier alpha value is -1.84. The predicted octanol–water partition coefficient (Wildman–Crippen LogP) is 2.98. The molecule has 0 heterocycles. The van der Waals surface area contributed by atoms with E-state index in [1.165, 1.54) is 0 Å². The van der Waals surface area contributed by atoms with Gasteiger partial charge in [-0.2, -0.15) is 0 Å². The molecule has 1 aromatic carbocycles. The molecule has 1 aliphatic rings. The van der Waals surface area contributed by atoms with E-state index >= 15 is 0 Å². The molecule has 2 rings (SSSR count). The summed E-state index contributed by atoms with van der Waals surface area (Å²) < 4.78 is 0. The Labute approximate surface area is 132 Å². The zero-order valence-corrected chi connectivity index (χ0v) is 13.8. The molecule has 4 nitrogen and oxygen atoms in total. The third kappa shape index (κ3) is 3.32. The molecule has 0 saturated heterocycles. The zero-order valence-electron chi connectivity index (χ0n) is 13.8. The standard InChI is InChI=1S/C18H26N2O2/c1-4-18(11-5-6-12-18)17(22)20(3)13-14-7-9-15(10-8-14)16(21)19-2/h7-10H,4-6,11-13H2,1-3H3,(H,19,21). The lowest BCUT2D eigenvalue weighted by molar-refractivity contribution is -0.141. The fourth-order valence-electron chi connectivity index (χ4n) is 3.43. The Morgan fingerprint density at radius 1 is 1.18 bits per heavy atom. The van der Waals surface area contributed by atoms with Crippen LogP contribution in [-0.4, -0.2) is 30.8 Å². The minimum absolute atomic E-state index is 0.0909. The van der Waals surface area contributed by atoms with E-state index in [-0.39, 0.29) is 17.2 Å². The number of benzene rings is 1. The summed E-state index contributed by atoms with van der Waals surface area (Å²) in [5.74, 6) is 0.176. The van der Waals surface area contributed by atoms with Crippen LogP contribution >= 0.6 is 0 Å². The second-order valence-corrected chi connectivity index (χ2v) is 6.28. The average Bonchev–Trinajstić information content (AvgIpc) is 3.04. The number of hydrogen-bond acceptors (Lipinski definition) is 2. The summed E-state index contributed by atoms with van der Waals surface area (Å²) in [7, 11) is 3.50. The van der Waals surface area contributed by atoms with Crippen LogP contribution in [0.25, 0.3) is 0 Å². The lowest BCUT2D eigenvalue weighted by Crippen LogP contribution is -2.39. The Morgan fingerprint density at radius 3 is 2.27 bits per heavy atom. The lowest BCUT2D eigenvalue weighted by atomic mass is 9.82. The maximum atomic E-state index is 12.8. The molecule has 1 fully saturated rings. The van der Waals surface area contributed by atoms with E-state index in [0.717, 1.165) is 37.7 Å². The fraction of sp³-hybridized carbons (Fsp3) is 0.556. The molecule has 1 saturated carbocycles. The molecule has 22 heavy (non-hydrogen) atoms. The second-order valence-electron chi connectivity index (χ2n) is 6.28. The minimum atomic E-state index is -0.142. The largest absolute Gasteiger partial charge is 0.355 e. The van der Waals surface area contributed by atoms with Gasteiger partial charge in [-0.25, -0.2) is 0 Å². The normalized spacial score (nSPS) is 16.3. The van der Waals surface area contributed by atoms with Crippen molar-refractivity contribution in [3.05, 3.63) is 35.4 Å². The monoisotopic (exact) mass is 302 g/mol. The summed E-state index contributed by atoms with van der Waals surface area (Å²) >= 11 is 0. The van der Waals surface area contributed by atoms with Crippen LogP contribution < -0.4 is 5.32 Å². The molecule has 4 heteroatoms. The van der Waals surface area contributed by atoms with Crippen LogP contribution in [0, 0.1) is 5.41 Å². The highest BCUT2D eigenvalue weighted by Gasteiger charge is 2.40. The Balaban J connectivity index is 2.03. The van der Waals surface area contributed by atoms with Gasteiger partial charge in [0.2, 0.25) is 5.91 Å². The van der Waals surface area contributed by atoms with Crippen LogP contribution in [0.3, 0.4) is 0 Å². The van der Waals surface area contributed by atoms with Gasteiger partial charge in [0.15, 0.2) is 0 Å². The van der Waals surface area contributed by atoms with Crippen LogP contribution in [0.15, 0.2) is 24.3 Å². The predicted molar refractivity (Wildman–Crippen MR) is 87.5 cm³/mol. The fourth-order valence-corrected chi connectivity index (χ4v) is 3.43. The molecule has 0 radical (unpaired) electrons. The first-order chi connectivity index (χ1) is 10.5. The topological polar surface area (TPSA) is 49.4 Å². The highest BCUT2D eigenvalue weighted by Crippen LogP contribution is 2.42. The molecule has 0 spiro atoms. The molecule has 1 N–H and O–H groups in total. The van der Waals surface area contributed by atoms with Gasteiger partial charge in [0.05, 0.1) is 0 Å². The van der Waals surface area contributed by atoms with Crippen LogP contribution in [-0.2, 0) is 11.3 Å². The van der Waals surface area contributed by atoms with E-state index in [1.807, 2.05) is 24.1 Å². The molecular formula is C18H26N2O2. The Bertz CT molecular complexity index is 531. The van der Waals surface area contributed by atoms with Crippen LogP contribution in [0.1, 0.15) is 54.9 Å². The van der Waals surface area contributed by atoms with Crippen molar-refractivity contribution >= 4 is 11.8 Å². The minimum Gasteiger partial charge on any atom is -0.355 e. The summed E-state index contributed by atoms with van der Waals surface area (Å²) in [5.41, 5.74) is 1.55. The van der Waals surface area contributed by atoms with Crippen molar-refractivity contribution < 1.29 is 9.59 Å². The smallest absolute Gasteiger partial charge is 0.251 e. The molecule has 1 aromatic rings. The third-order valence-corrected chi connectivity index (χ3v) is 4.90. The summed E-state index contributed by atoms with van der Waals surface area (Å²) in [6, 6.07) is 7.44. The molecule has 120 valence electrons. The van der Waals surface area contributed by atoms with Crippen LogP contribution in [0.2, 0.25) is 0 Å². The maximum absolute atomic E-state index is 12.8. The number of rotatable bonds is 5. The number of hydrogen-bond donors (Lipinski definition) is 1. The highest BCUT2D eigenvalue weighted by atomic mass is 16.2. The van der Waals surface area contributed by atoms with Gasteiger partial charge in [0.1, 0.15) is 0 Å². The molecule has 0 aliphatic heterocycles. The van der Waals surface area contributed by atoms with Gasteiger partial charge in [-0.1, -0.05) is 31.9 Å². The van der Waals surface area contributed by atoms with Gasteiger partial charge in [0, 0.05) is 31.6 Å². The Morgan fingerprint density at radius 2 is 1.77 bits per heavy atom. The molecule has 0 atom stereocenters. The Kier molecular flexibility index (Phi) is 5.22. The molecule has 0 aromatic heterocycles. The maximum Gasteiger partial charge on any atom is 0.251 e. The lowest BCUT2D eigenvalue weighted by Gasteiger charge is -2.31. The van der Waals surface area contributed by atoms with Crippen molar-refractivity contribution in [1.29, 1.82) is 0 Å². The zero-order chi connectivity index (χ0) is 16.2. The van der Waals surface area contributed by atoms with Gasteiger partial charge < -0.3 is 10.2 Å². The summed E-state index contributed by atoms with van der Waals surface area (Å²) in [5, 5.41) is 2.61. The van der Waals surface area contributed by atoms with Crippen molar-refractivity contribution in [2.45, 2.75) is 45.6 Å². The van der Waals surface area contributed by atoms with E-state index in [2.05, 4.69) is 12.2 Å². The van der Waals surface area contributed by atoms with Crippen molar-refractivity contribution in [3.63, 3.8) is 0 Å². The summed E-state index contributed by atoms with van der Waals surface area (Å²) in [4.78, 5) is 26.2. The number of nitrogens with zero attached hydrogens (tertiary/aromatic N) is 1. The van der Waals surface area contributed by atoms with E-state index in [9.17, 15) is 9.59 Å². The average molecular weight is 302 g/mol. The first-order valence-corrected chi connectivity index (χ1v) is 8.09. The first-order valence-electron chi connectivity index (χ1n) is 8.09. The summed E-state index contributed by atoms with van der Waals surface area (Å²) in [6.07, 6.45) is 5.28. The van der Waals surface area contributed by atoms with Gasteiger partial charge in [0.25, 0.3) is 5.91 Å². The molecule has 2 amide bonds. The summed E-state index contributed by atoms with van der Waals surface area (Å²) in [6.45, 7) is 2.71. The second kappa shape index (κ2) is 6.95. The van der Waals surface area contributed by atoms with Crippen molar-refractivity contribution in [3.8, 4) is 0 Å². The van der Waals surface area contributed by atoms with Crippen molar-refractivity contribution in [2.24, 2.45) is 5.41 Å². The third-order valence-electron chi connectivity index (χ3n) is 4.90. The number of carbonyl (C=O) groups is 2. The van der Waals surface area contributed by atoms with Gasteiger partial charge in [-0.15, -0.1) is 0 Å². The molecule has 0 bridgehead atoms. The van der Waals surface area contributed by atoms with E-state index < -0.39 is 0 Å². The first kappa shape index (κ1) is 16.5. The van der Waals surface area contributed by atoms with Crippen molar-refractivity contribution in [1.82, 2.24) is 10.2 Å². The van der Waals surface area contributed by atoms with E-state index in [0.29, 0.717) is 12.1 Å².